The Balaban J connectivity index is 1.96. The van der Waals surface area contributed by atoms with E-state index in [-0.39, 0.29) is 24.5 Å². The van der Waals surface area contributed by atoms with Gasteiger partial charge in [-0.25, -0.2) is 0 Å². The van der Waals surface area contributed by atoms with Gasteiger partial charge in [0.05, 0.1) is 11.7 Å². The number of rotatable bonds is 5. The first kappa shape index (κ1) is 15.3. The topological polar surface area (TPSA) is 70.7 Å². The fraction of sp³-hybridized carbons (Fsp3) is 0.467. The summed E-state index contributed by atoms with van der Waals surface area (Å²) in [6.07, 6.45) is 0. The van der Waals surface area contributed by atoms with Gasteiger partial charge in [-0.2, -0.15) is 0 Å². The predicted molar refractivity (Wildman–Crippen MR) is 80.2 cm³/mol. The minimum Gasteiger partial charge on any atom is -0.482 e. The fourth-order valence-electron chi connectivity index (χ4n) is 2.08. The highest BCUT2D eigenvalue weighted by Gasteiger charge is 2.18. The molecule has 2 amide bonds. The van der Waals surface area contributed by atoms with Gasteiger partial charge < -0.3 is 20.3 Å². The highest BCUT2D eigenvalue weighted by molar-refractivity contribution is 5.95. The second-order valence-corrected chi connectivity index (χ2v) is 5.12. The van der Waals surface area contributed by atoms with Gasteiger partial charge in [0, 0.05) is 20.1 Å². The number of anilines is 1. The molecule has 21 heavy (non-hydrogen) atoms. The van der Waals surface area contributed by atoms with Gasteiger partial charge in [-0.3, -0.25) is 9.59 Å². The average molecular weight is 291 g/mol. The van der Waals surface area contributed by atoms with Crippen LogP contribution in [0.1, 0.15) is 19.4 Å². The number of fused-ring (bicyclic) bond motifs is 1. The average Bonchev–Trinajstić information content (AvgIpc) is 2.50. The molecule has 1 aromatic carbocycles. The Kier molecular flexibility index (Phi) is 4.80. The molecule has 2 rings (SSSR count). The summed E-state index contributed by atoms with van der Waals surface area (Å²) in [5.41, 5.74) is 1.66. The first-order valence-corrected chi connectivity index (χ1v) is 7.05. The van der Waals surface area contributed by atoms with Crippen LogP contribution in [0, 0.1) is 0 Å². The van der Waals surface area contributed by atoms with Crippen molar-refractivity contribution in [2.45, 2.75) is 26.4 Å². The van der Waals surface area contributed by atoms with Crippen molar-refractivity contribution < 1.29 is 14.3 Å². The van der Waals surface area contributed by atoms with E-state index in [9.17, 15) is 9.59 Å². The molecule has 1 unspecified atom stereocenters. The van der Waals surface area contributed by atoms with Crippen molar-refractivity contribution in [3.63, 3.8) is 0 Å². The van der Waals surface area contributed by atoms with Crippen LogP contribution in [0.25, 0.3) is 0 Å². The van der Waals surface area contributed by atoms with Crippen LogP contribution >= 0.6 is 0 Å². The molecule has 0 aliphatic carbocycles. The number of nitrogens with zero attached hydrogens (tertiary/aromatic N) is 1. The van der Waals surface area contributed by atoms with Gasteiger partial charge in [0.25, 0.3) is 5.91 Å². The van der Waals surface area contributed by atoms with Crippen molar-refractivity contribution >= 4 is 17.5 Å². The molecule has 0 fully saturated rings. The lowest BCUT2D eigenvalue weighted by Gasteiger charge is -2.21. The highest BCUT2D eigenvalue weighted by Crippen LogP contribution is 2.28. The molecule has 1 heterocycles. The Labute approximate surface area is 124 Å². The quantitative estimate of drug-likeness (QED) is 0.848. The summed E-state index contributed by atoms with van der Waals surface area (Å²) in [4.78, 5) is 24.9. The molecule has 0 radical (unpaired) electrons. The zero-order valence-electron chi connectivity index (χ0n) is 12.6. The number of amides is 2. The number of carbonyl (C=O) groups is 2. The molecule has 1 aliphatic heterocycles. The van der Waals surface area contributed by atoms with E-state index >= 15 is 0 Å². The molecule has 0 spiro atoms. The van der Waals surface area contributed by atoms with E-state index in [1.807, 2.05) is 32.0 Å². The molecular formula is C15H21N3O3. The van der Waals surface area contributed by atoms with Crippen LogP contribution in [0.15, 0.2) is 18.2 Å². The summed E-state index contributed by atoms with van der Waals surface area (Å²) < 4.78 is 5.31. The lowest BCUT2D eigenvalue weighted by molar-refractivity contribution is -0.131. The summed E-state index contributed by atoms with van der Waals surface area (Å²) in [7, 11) is 1.78. The largest absolute Gasteiger partial charge is 0.482 e. The molecule has 6 nitrogen and oxygen atoms in total. The molecule has 0 aromatic heterocycles. The van der Waals surface area contributed by atoms with E-state index in [2.05, 4.69) is 10.6 Å². The fourth-order valence-corrected chi connectivity index (χ4v) is 2.08. The maximum atomic E-state index is 12.0. The zero-order valence-corrected chi connectivity index (χ0v) is 12.6. The van der Waals surface area contributed by atoms with Crippen LogP contribution in [-0.2, 0) is 16.1 Å². The van der Waals surface area contributed by atoms with Crippen LogP contribution in [-0.4, -0.2) is 43.0 Å². The van der Waals surface area contributed by atoms with Crippen LogP contribution in [0.2, 0.25) is 0 Å². The molecule has 6 heteroatoms. The maximum absolute atomic E-state index is 12.0. The molecule has 1 aromatic rings. The summed E-state index contributed by atoms with van der Waals surface area (Å²) in [5, 5.41) is 5.96. The van der Waals surface area contributed by atoms with Gasteiger partial charge in [0.15, 0.2) is 6.61 Å². The smallest absolute Gasteiger partial charge is 0.262 e. The lowest BCUT2D eigenvalue weighted by Crippen LogP contribution is -2.42. The van der Waals surface area contributed by atoms with Crippen LogP contribution in [0.4, 0.5) is 5.69 Å². The van der Waals surface area contributed by atoms with Crippen LogP contribution in [0.5, 0.6) is 5.75 Å². The Bertz CT molecular complexity index is 545. The van der Waals surface area contributed by atoms with Crippen molar-refractivity contribution in [3.8, 4) is 5.75 Å². The predicted octanol–water partition coefficient (Wildman–Crippen LogP) is 0.974. The van der Waals surface area contributed by atoms with Gasteiger partial charge in [-0.1, -0.05) is 6.07 Å². The number of hydrogen-bond acceptors (Lipinski definition) is 4. The van der Waals surface area contributed by atoms with Crippen molar-refractivity contribution in [2.24, 2.45) is 0 Å². The standard InChI is InChI=1S/C15H21N3O3/c1-4-18(3)15(20)10(2)16-8-11-5-6-13-12(7-11)17-14(19)9-21-13/h5-7,10,16H,4,8-9H2,1-3H3,(H,17,19). The molecular weight excluding hydrogens is 270 g/mol. The van der Waals surface area contributed by atoms with E-state index < -0.39 is 0 Å². The molecule has 0 saturated carbocycles. The number of nitrogens with one attached hydrogen (secondary N) is 2. The SMILES string of the molecule is CCN(C)C(=O)C(C)NCc1ccc2c(c1)NC(=O)CO2. The first-order chi connectivity index (χ1) is 10.0. The van der Waals surface area contributed by atoms with Crippen LogP contribution in [0.3, 0.4) is 0 Å². The first-order valence-electron chi connectivity index (χ1n) is 7.05. The third-order valence-electron chi connectivity index (χ3n) is 3.51. The third kappa shape index (κ3) is 3.72. The van der Waals surface area contributed by atoms with Gasteiger partial charge in [0.1, 0.15) is 5.75 Å². The van der Waals surface area contributed by atoms with Gasteiger partial charge in [-0.15, -0.1) is 0 Å². The van der Waals surface area contributed by atoms with E-state index in [0.29, 0.717) is 24.5 Å². The van der Waals surface area contributed by atoms with E-state index in [1.165, 1.54) is 0 Å². The van der Waals surface area contributed by atoms with Crippen molar-refractivity contribution in [1.82, 2.24) is 10.2 Å². The summed E-state index contributed by atoms with van der Waals surface area (Å²) in [5.74, 6) is 0.584. The summed E-state index contributed by atoms with van der Waals surface area (Å²) >= 11 is 0. The third-order valence-corrected chi connectivity index (χ3v) is 3.51. The van der Waals surface area contributed by atoms with E-state index in [0.717, 1.165) is 5.56 Å². The molecule has 0 bridgehead atoms. The van der Waals surface area contributed by atoms with Gasteiger partial charge in [-0.05, 0) is 31.5 Å². The van der Waals surface area contributed by atoms with Gasteiger partial charge >= 0.3 is 0 Å². The van der Waals surface area contributed by atoms with Crippen molar-refractivity contribution in [2.75, 3.05) is 25.5 Å². The molecule has 114 valence electrons. The minimum absolute atomic E-state index is 0.0550. The number of hydrogen-bond donors (Lipinski definition) is 2. The number of likely N-dealkylation sites (N-methyl/N-ethyl adjacent to an activating group) is 1. The number of benzene rings is 1. The van der Waals surface area contributed by atoms with Crippen molar-refractivity contribution in [1.29, 1.82) is 0 Å². The van der Waals surface area contributed by atoms with E-state index in [1.54, 1.807) is 11.9 Å². The molecule has 1 atom stereocenters. The number of carbonyl (C=O) groups excluding carboxylic acids is 2. The summed E-state index contributed by atoms with van der Waals surface area (Å²) in [6, 6.07) is 5.36. The molecule has 0 saturated heterocycles. The Morgan fingerprint density at radius 3 is 3.00 bits per heavy atom. The Morgan fingerprint density at radius 1 is 1.52 bits per heavy atom. The highest BCUT2D eigenvalue weighted by atomic mass is 16.5. The van der Waals surface area contributed by atoms with Crippen molar-refractivity contribution in [3.05, 3.63) is 23.8 Å². The second-order valence-electron chi connectivity index (χ2n) is 5.12. The normalized spacial score (nSPS) is 14.7. The van der Waals surface area contributed by atoms with Gasteiger partial charge in [0.2, 0.25) is 5.91 Å². The maximum Gasteiger partial charge on any atom is 0.262 e. The molecule has 1 aliphatic rings. The van der Waals surface area contributed by atoms with Crippen LogP contribution < -0.4 is 15.4 Å². The summed E-state index contributed by atoms with van der Waals surface area (Å²) in [6.45, 7) is 5.08. The van der Waals surface area contributed by atoms with E-state index in [4.69, 9.17) is 4.74 Å². The Hall–Kier alpha value is -2.08. The monoisotopic (exact) mass is 291 g/mol. The minimum atomic E-state index is -0.253. The zero-order chi connectivity index (χ0) is 15.4. The molecule has 2 N–H and O–H groups in total. The lowest BCUT2D eigenvalue weighted by atomic mass is 10.1. The number of ether oxygens (including phenoxy) is 1. The second kappa shape index (κ2) is 6.58. The Morgan fingerprint density at radius 2 is 2.29 bits per heavy atom.